The van der Waals surface area contributed by atoms with Gasteiger partial charge in [0.2, 0.25) is 5.91 Å². The zero-order valence-electron chi connectivity index (χ0n) is 12.3. The number of aliphatic hydroxyl groups is 1. The van der Waals surface area contributed by atoms with Gasteiger partial charge in [0.1, 0.15) is 0 Å². The Balaban J connectivity index is 2.10. The zero-order valence-corrected chi connectivity index (χ0v) is 12.3. The second-order valence-corrected chi connectivity index (χ2v) is 6.04. The molecule has 114 valence electrons. The highest BCUT2D eigenvalue weighted by molar-refractivity contribution is 5.97. The molecule has 2 atom stereocenters. The van der Waals surface area contributed by atoms with Gasteiger partial charge in [0.15, 0.2) is 0 Å². The second-order valence-electron chi connectivity index (χ2n) is 6.04. The number of carbonyl (C=O) groups excluding carboxylic acids is 2. The van der Waals surface area contributed by atoms with Crippen LogP contribution in [0, 0.1) is 5.92 Å². The molecule has 0 saturated heterocycles. The van der Waals surface area contributed by atoms with Crippen LogP contribution in [0.15, 0.2) is 24.3 Å². The molecule has 1 aromatic rings. The molecule has 0 spiro atoms. The lowest BCUT2D eigenvalue weighted by Gasteiger charge is -2.39. The Morgan fingerprint density at radius 1 is 1.33 bits per heavy atom. The van der Waals surface area contributed by atoms with Crippen molar-refractivity contribution in [1.29, 1.82) is 0 Å². The van der Waals surface area contributed by atoms with Crippen molar-refractivity contribution in [2.75, 3.05) is 6.61 Å². The third kappa shape index (κ3) is 3.61. The van der Waals surface area contributed by atoms with Crippen LogP contribution in [0.25, 0.3) is 0 Å². The van der Waals surface area contributed by atoms with Crippen LogP contribution in [0.2, 0.25) is 0 Å². The van der Waals surface area contributed by atoms with Gasteiger partial charge >= 0.3 is 0 Å². The van der Waals surface area contributed by atoms with Gasteiger partial charge in [-0.15, -0.1) is 0 Å². The first-order valence-electron chi connectivity index (χ1n) is 7.29. The summed E-state index contributed by atoms with van der Waals surface area (Å²) in [4.78, 5) is 23.3. The van der Waals surface area contributed by atoms with Gasteiger partial charge in [0.25, 0.3) is 5.91 Å². The van der Waals surface area contributed by atoms with Crippen LogP contribution < -0.4 is 11.1 Å². The van der Waals surface area contributed by atoms with Crippen molar-refractivity contribution in [3.05, 3.63) is 35.4 Å². The highest BCUT2D eigenvalue weighted by Gasteiger charge is 2.35. The Morgan fingerprint density at radius 3 is 2.48 bits per heavy atom. The molecule has 0 aromatic heterocycles. The maximum absolute atomic E-state index is 12.3. The van der Waals surface area contributed by atoms with Crippen LogP contribution in [-0.4, -0.2) is 29.1 Å². The van der Waals surface area contributed by atoms with E-state index in [2.05, 4.69) is 12.2 Å². The smallest absolute Gasteiger partial charge is 0.251 e. The topological polar surface area (TPSA) is 92.4 Å². The summed E-state index contributed by atoms with van der Waals surface area (Å²) in [5, 5.41) is 12.7. The molecule has 1 aromatic carbocycles. The summed E-state index contributed by atoms with van der Waals surface area (Å²) in [6.07, 6.45) is 3.71. The van der Waals surface area contributed by atoms with E-state index in [0.29, 0.717) is 17.0 Å². The quantitative estimate of drug-likeness (QED) is 0.783. The van der Waals surface area contributed by atoms with Crippen molar-refractivity contribution in [1.82, 2.24) is 5.32 Å². The summed E-state index contributed by atoms with van der Waals surface area (Å²) in [6.45, 7) is 2.08. The van der Waals surface area contributed by atoms with Gasteiger partial charge in [-0.05, 0) is 43.0 Å². The van der Waals surface area contributed by atoms with E-state index in [1.54, 1.807) is 12.1 Å². The molecule has 0 bridgehead atoms. The minimum absolute atomic E-state index is 0.0531. The Bertz CT molecular complexity index is 527. The SMILES string of the molecule is CC1CCCC(CO)(NC(=O)c2ccc(C(N)=O)cc2)C1. The highest BCUT2D eigenvalue weighted by atomic mass is 16.3. The number of nitrogens with one attached hydrogen (secondary N) is 1. The number of aliphatic hydroxyl groups excluding tert-OH is 1. The van der Waals surface area contributed by atoms with Crippen LogP contribution >= 0.6 is 0 Å². The molecule has 2 amide bonds. The monoisotopic (exact) mass is 290 g/mol. The molecule has 21 heavy (non-hydrogen) atoms. The number of primary amides is 1. The predicted octanol–water partition coefficient (Wildman–Crippen LogP) is 1.46. The Morgan fingerprint density at radius 2 is 1.95 bits per heavy atom. The van der Waals surface area contributed by atoms with E-state index in [-0.39, 0.29) is 12.5 Å². The number of nitrogens with two attached hydrogens (primary N) is 1. The fourth-order valence-electron chi connectivity index (χ4n) is 3.06. The van der Waals surface area contributed by atoms with E-state index >= 15 is 0 Å². The molecule has 0 heterocycles. The number of benzene rings is 1. The van der Waals surface area contributed by atoms with Crippen LogP contribution in [0.4, 0.5) is 0 Å². The molecule has 2 rings (SSSR count). The van der Waals surface area contributed by atoms with E-state index in [1.165, 1.54) is 12.1 Å². The number of amides is 2. The summed E-state index contributed by atoms with van der Waals surface area (Å²) in [5.41, 5.74) is 5.48. The van der Waals surface area contributed by atoms with Crippen molar-refractivity contribution in [2.24, 2.45) is 11.7 Å². The van der Waals surface area contributed by atoms with Crippen molar-refractivity contribution in [2.45, 2.75) is 38.1 Å². The largest absolute Gasteiger partial charge is 0.394 e. The standard InChI is InChI=1S/C16H22N2O3/c1-11-3-2-8-16(9-11,10-19)18-15(21)13-6-4-12(5-7-13)14(17)20/h4-7,11,19H,2-3,8-10H2,1H3,(H2,17,20)(H,18,21). The van der Waals surface area contributed by atoms with Crippen molar-refractivity contribution >= 4 is 11.8 Å². The number of hydrogen-bond donors (Lipinski definition) is 3. The fourth-order valence-corrected chi connectivity index (χ4v) is 3.06. The maximum atomic E-state index is 12.3. The van der Waals surface area contributed by atoms with Gasteiger partial charge in [-0.3, -0.25) is 9.59 Å². The average Bonchev–Trinajstić information content (AvgIpc) is 2.47. The molecule has 1 aliphatic rings. The second kappa shape index (κ2) is 6.26. The average molecular weight is 290 g/mol. The lowest BCUT2D eigenvalue weighted by molar-refractivity contribution is 0.0696. The van der Waals surface area contributed by atoms with Crippen LogP contribution in [0.3, 0.4) is 0 Å². The maximum Gasteiger partial charge on any atom is 0.251 e. The summed E-state index contributed by atoms with van der Waals surface area (Å²) in [7, 11) is 0. The predicted molar refractivity (Wildman–Crippen MR) is 79.9 cm³/mol. The molecule has 4 N–H and O–H groups in total. The first-order valence-corrected chi connectivity index (χ1v) is 7.29. The number of rotatable bonds is 4. The minimum atomic E-state index is -0.531. The fraction of sp³-hybridized carbons (Fsp3) is 0.500. The van der Waals surface area contributed by atoms with E-state index in [4.69, 9.17) is 5.73 Å². The van der Waals surface area contributed by atoms with Gasteiger partial charge in [-0.25, -0.2) is 0 Å². The van der Waals surface area contributed by atoms with Gasteiger partial charge in [-0.2, -0.15) is 0 Å². The van der Waals surface area contributed by atoms with Crippen molar-refractivity contribution in [3.63, 3.8) is 0 Å². The minimum Gasteiger partial charge on any atom is -0.394 e. The lowest BCUT2D eigenvalue weighted by atomic mass is 9.76. The number of hydrogen-bond acceptors (Lipinski definition) is 3. The Hall–Kier alpha value is -1.88. The molecule has 5 nitrogen and oxygen atoms in total. The highest BCUT2D eigenvalue weighted by Crippen LogP contribution is 2.32. The van der Waals surface area contributed by atoms with Gasteiger partial charge in [0.05, 0.1) is 12.1 Å². The summed E-state index contributed by atoms with van der Waals surface area (Å²) < 4.78 is 0. The summed E-state index contributed by atoms with van der Waals surface area (Å²) in [6, 6.07) is 6.22. The third-order valence-electron chi connectivity index (χ3n) is 4.20. The molecule has 1 fully saturated rings. The van der Waals surface area contributed by atoms with Crippen LogP contribution in [-0.2, 0) is 0 Å². The van der Waals surface area contributed by atoms with Crippen LogP contribution in [0.5, 0.6) is 0 Å². The molecule has 1 aliphatic carbocycles. The molecule has 0 radical (unpaired) electrons. The molecule has 0 aliphatic heterocycles. The number of carbonyl (C=O) groups is 2. The normalized spacial score (nSPS) is 25.3. The summed E-state index contributed by atoms with van der Waals surface area (Å²) in [5.74, 6) is -0.257. The van der Waals surface area contributed by atoms with Crippen molar-refractivity contribution in [3.8, 4) is 0 Å². The van der Waals surface area contributed by atoms with E-state index in [0.717, 1.165) is 25.7 Å². The molecule has 1 saturated carbocycles. The van der Waals surface area contributed by atoms with Gasteiger partial charge in [0, 0.05) is 11.1 Å². The zero-order chi connectivity index (χ0) is 15.5. The molecule has 2 unspecified atom stereocenters. The molecule has 5 heteroatoms. The molecular weight excluding hydrogens is 268 g/mol. The summed E-state index contributed by atoms with van der Waals surface area (Å²) >= 11 is 0. The Labute approximate surface area is 124 Å². The first kappa shape index (κ1) is 15.5. The molecular formula is C16H22N2O3. The van der Waals surface area contributed by atoms with E-state index in [9.17, 15) is 14.7 Å². The van der Waals surface area contributed by atoms with E-state index < -0.39 is 11.4 Å². The first-order chi connectivity index (χ1) is 9.96. The van der Waals surface area contributed by atoms with Gasteiger partial charge in [-0.1, -0.05) is 19.8 Å². The third-order valence-corrected chi connectivity index (χ3v) is 4.20. The van der Waals surface area contributed by atoms with Crippen LogP contribution in [0.1, 0.15) is 53.3 Å². The van der Waals surface area contributed by atoms with E-state index in [1.807, 2.05) is 0 Å². The Kier molecular flexibility index (Phi) is 4.63. The van der Waals surface area contributed by atoms with Crippen molar-refractivity contribution < 1.29 is 14.7 Å². The van der Waals surface area contributed by atoms with Gasteiger partial charge < -0.3 is 16.2 Å². The lowest BCUT2D eigenvalue weighted by Crippen LogP contribution is -2.53.